The molecule has 0 aliphatic heterocycles. The van der Waals surface area contributed by atoms with Gasteiger partial charge in [-0.25, -0.2) is 0 Å². The fourth-order valence-electron chi connectivity index (χ4n) is 1.86. The lowest BCUT2D eigenvalue weighted by Crippen LogP contribution is -2.35. The lowest BCUT2D eigenvalue weighted by atomic mass is 10.0. The molecule has 1 unspecified atom stereocenters. The third-order valence-corrected chi connectivity index (χ3v) is 2.76. The molecule has 2 N–H and O–H groups in total. The average Bonchev–Trinajstić information content (AvgIpc) is 2.36. The Bertz CT molecular complexity index is 428. The summed E-state index contributed by atoms with van der Waals surface area (Å²) < 4.78 is 5.07. The van der Waals surface area contributed by atoms with E-state index in [1.807, 2.05) is 24.3 Å². The number of nitrogens with one attached hydrogen (secondary N) is 1. The van der Waals surface area contributed by atoms with Crippen molar-refractivity contribution >= 4 is 11.9 Å². The van der Waals surface area contributed by atoms with Crippen LogP contribution in [0, 0.1) is 0 Å². The maximum absolute atomic E-state index is 11.1. The number of benzene rings is 1. The Labute approximate surface area is 112 Å². The number of carboxylic acids is 1. The molecule has 19 heavy (non-hydrogen) atoms. The molecular weight excluding hydrogens is 246 g/mol. The second kappa shape index (κ2) is 7.41. The normalized spacial score (nSPS) is 11.7. The molecule has 0 aliphatic rings. The quantitative estimate of drug-likeness (QED) is 0.785. The van der Waals surface area contributed by atoms with Gasteiger partial charge in [-0.2, -0.15) is 0 Å². The zero-order valence-electron chi connectivity index (χ0n) is 11.2. The zero-order valence-corrected chi connectivity index (χ0v) is 11.2. The van der Waals surface area contributed by atoms with E-state index in [9.17, 15) is 9.59 Å². The van der Waals surface area contributed by atoms with Crippen molar-refractivity contribution in [1.82, 2.24) is 5.32 Å². The van der Waals surface area contributed by atoms with Crippen LogP contribution in [0.1, 0.15) is 25.3 Å². The predicted molar refractivity (Wildman–Crippen MR) is 71.2 cm³/mol. The lowest BCUT2D eigenvalue weighted by Gasteiger charge is -2.17. The first-order valence-electron chi connectivity index (χ1n) is 6.13. The smallest absolute Gasteiger partial charge is 0.303 e. The molecule has 104 valence electrons. The van der Waals surface area contributed by atoms with E-state index in [1.165, 1.54) is 6.92 Å². The molecule has 1 amide bonds. The van der Waals surface area contributed by atoms with E-state index in [0.717, 1.165) is 11.3 Å². The zero-order chi connectivity index (χ0) is 14.3. The Morgan fingerprint density at radius 3 is 2.42 bits per heavy atom. The van der Waals surface area contributed by atoms with Gasteiger partial charge in [-0.05, 0) is 30.5 Å². The van der Waals surface area contributed by atoms with Crippen molar-refractivity contribution in [2.75, 3.05) is 7.11 Å². The van der Waals surface area contributed by atoms with Crippen LogP contribution in [0.3, 0.4) is 0 Å². The molecule has 0 saturated carbocycles. The van der Waals surface area contributed by atoms with E-state index in [1.54, 1.807) is 7.11 Å². The summed E-state index contributed by atoms with van der Waals surface area (Å²) in [7, 11) is 1.60. The maximum atomic E-state index is 11.1. The number of hydrogen-bond acceptors (Lipinski definition) is 3. The number of aliphatic carboxylic acids is 1. The van der Waals surface area contributed by atoms with E-state index >= 15 is 0 Å². The first-order valence-corrected chi connectivity index (χ1v) is 6.13. The molecule has 0 saturated heterocycles. The van der Waals surface area contributed by atoms with Crippen molar-refractivity contribution in [2.45, 2.75) is 32.2 Å². The van der Waals surface area contributed by atoms with Crippen molar-refractivity contribution in [1.29, 1.82) is 0 Å². The molecule has 5 nitrogen and oxygen atoms in total. The summed E-state index contributed by atoms with van der Waals surface area (Å²) in [6.07, 6.45) is 1.07. The highest BCUT2D eigenvalue weighted by atomic mass is 16.5. The number of ether oxygens (including phenoxy) is 1. The molecule has 0 radical (unpaired) electrons. The van der Waals surface area contributed by atoms with Gasteiger partial charge in [0.1, 0.15) is 5.75 Å². The molecule has 0 fully saturated rings. The van der Waals surface area contributed by atoms with Gasteiger partial charge < -0.3 is 15.2 Å². The standard InChI is InChI=1S/C14H19NO4/c1-10(16)15-12(5-8-14(17)18)9-11-3-6-13(19-2)7-4-11/h3-4,6-7,12H,5,8-9H2,1-2H3,(H,15,16)(H,17,18). The molecule has 0 bridgehead atoms. The van der Waals surface area contributed by atoms with Gasteiger partial charge in [0, 0.05) is 19.4 Å². The van der Waals surface area contributed by atoms with E-state index in [0.29, 0.717) is 12.8 Å². The van der Waals surface area contributed by atoms with Crippen molar-refractivity contribution in [2.24, 2.45) is 0 Å². The summed E-state index contributed by atoms with van der Waals surface area (Å²) >= 11 is 0. The summed E-state index contributed by atoms with van der Waals surface area (Å²) in [6, 6.07) is 7.35. The van der Waals surface area contributed by atoms with Crippen LogP contribution in [0.5, 0.6) is 5.75 Å². The van der Waals surface area contributed by atoms with Gasteiger partial charge >= 0.3 is 5.97 Å². The SMILES string of the molecule is COc1ccc(CC(CCC(=O)O)NC(C)=O)cc1. The second-order valence-electron chi connectivity index (χ2n) is 4.38. The van der Waals surface area contributed by atoms with Crippen LogP contribution >= 0.6 is 0 Å². The molecule has 0 spiro atoms. The molecule has 1 rings (SSSR count). The summed E-state index contributed by atoms with van der Waals surface area (Å²) in [5.41, 5.74) is 1.03. The van der Waals surface area contributed by atoms with Crippen molar-refractivity contribution < 1.29 is 19.4 Å². The first-order chi connectivity index (χ1) is 9.01. The molecule has 0 heterocycles. The molecule has 1 aromatic rings. The van der Waals surface area contributed by atoms with Crippen LogP contribution in [0.25, 0.3) is 0 Å². The van der Waals surface area contributed by atoms with Gasteiger partial charge in [0.15, 0.2) is 0 Å². The minimum atomic E-state index is -0.856. The van der Waals surface area contributed by atoms with Gasteiger partial charge in [0.2, 0.25) is 5.91 Å². The fourth-order valence-corrected chi connectivity index (χ4v) is 1.86. The van der Waals surface area contributed by atoms with Gasteiger partial charge in [0.25, 0.3) is 0 Å². The molecule has 1 atom stereocenters. The highest BCUT2D eigenvalue weighted by molar-refractivity contribution is 5.73. The predicted octanol–water partition coefficient (Wildman–Crippen LogP) is 1.61. The largest absolute Gasteiger partial charge is 0.497 e. The van der Waals surface area contributed by atoms with Crippen molar-refractivity contribution in [3.8, 4) is 5.75 Å². The number of carbonyl (C=O) groups is 2. The monoisotopic (exact) mass is 265 g/mol. The molecule has 0 aromatic heterocycles. The van der Waals surface area contributed by atoms with Gasteiger partial charge in [-0.1, -0.05) is 12.1 Å². The van der Waals surface area contributed by atoms with E-state index < -0.39 is 5.97 Å². The number of rotatable bonds is 7. The van der Waals surface area contributed by atoms with Gasteiger partial charge in [-0.3, -0.25) is 9.59 Å². The van der Waals surface area contributed by atoms with Crippen LogP contribution in [-0.2, 0) is 16.0 Å². The van der Waals surface area contributed by atoms with Crippen molar-refractivity contribution in [3.05, 3.63) is 29.8 Å². The summed E-state index contributed by atoms with van der Waals surface area (Å²) in [5.74, 6) is -0.237. The molecule has 1 aromatic carbocycles. The number of hydrogen-bond donors (Lipinski definition) is 2. The highest BCUT2D eigenvalue weighted by Gasteiger charge is 2.12. The lowest BCUT2D eigenvalue weighted by molar-refractivity contribution is -0.137. The van der Waals surface area contributed by atoms with E-state index in [4.69, 9.17) is 9.84 Å². The molecule has 0 aliphatic carbocycles. The Morgan fingerprint density at radius 1 is 1.32 bits per heavy atom. The minimum Gasteiger partial charge on any atom is -0.497 e. The average molecular weight is 265 g/mol. The van der Waals surface area contributed by atoms with Crippen LogP contribution in [0.2, 0.25) is 0 Å². The first kappa shape index (κ1) is 15.0. The Balaban J connectivity index is 2.63. The van der Waals surface area contributed by atoms with Crippen LogP contribution in [0.15, 0.2) is 24.3 Å². The highest BCUT2D eigenvalue weighted by Crippen LogP contribution is 2.14. The topological polar surface area (TPSA) is 75.6 Å². The number of carboxylic acid groups (broad SMARTS) is 1. The van der Waals surface area contributed by atoms with Crippen LogP contribution in [0.4, 0.5) is 0 Å². The van der Waals surface area contributed by atoms with Gasteiger partial charge in [-0.15, -0.1) is 0 Å². The summed E-state index contributed by atoms with van der Waals surface area (Å²) in [6.45, 7) is 1.43. The van der Waals surface area contributed by atoms with Crippen molar-refractivity contribution in [3.63, 3.8) is 0 Å². The number of methoxy groups -OCH3 is 1. The Kier molecular flexibility index (Phi) is 5.85. The number of amides is 1. The summed E-state index contributed by atoms with van der Waals surface area (Å²) in [4.78, 5) is 21.7. The maximum Gasteiger partial charge on any atom is 0.303 e. The molecular formula is C14H19NO4. The minimum absolute atomic E-state index is 0.0428. The third kappa shape index (κ3) is 5.90. The fraction of sp³-hybridized carbons (Fsp3) is 0.429. The van der Waals surface area contributed by atoms with Crippen LogP contribution < -0.4 is 10.1 Å². The summed E-state index contributed by atoms with van der Waals surface area (Å²) in [5, 5.41) is 11.5. The molecule has 5 heteroatoms. The van der Waals surface area contributed by atoms with E-state index in [-0.39, 0.29) is 18.4 Å². The Morgan fingerprint density at radius 2 is 1.95 bits per heavy atom. The second-order valence-corrected chi connectivity index (χ2v) is 4.38. The van der Waals surface area contributed by atoms with Gasteiger partial charge in [0.05, 0.1) is 7.11 Å². The van der Waals surface area contributed by atoms with E-state index in [2.05, 4.69) is 5.32 Å². The van der Waals surface area contributed by atoms with Crippen LogP contribution in [-0.4, -0.2) is 30.1 Å². The number of carbonyl (C=O) groups excluding carboxylic acids is 1. The Hall–Kier alpha value is -2.04. The third-order valence-electron chi connectivity index (χ3n) is 2.76.